The van der Waals surface area contributed by atoms with E-state index in [2.05, 4.69) is 62.7 Å². The molecule has 3 nitrogen and oxygen atoms in total. The van der Waals surface area contributed by atoms with Gasteiger partial charge in [-0.3, -0.25) is 0 Å². The highest BCUT2D eigenvalue weighted by Crippen LogP contribution is 2.42. The normalized spacial score (nSPS) is 17.8. The van der Waals surface area contributed by atoms with Crippen molar-refractivity contribution >= 4 is 11.4 Å². The predicted octanol–water partition coefficient (Wildman–Crippen LogP) is 4.11. The summed E-state index contributed by atoms with van der Waals surface area (Å²) in [6.45, 7) is 7.09. The van der Waals surface area contributed by atoms with Gasteiger partial charge in [0.1, 0.15) is 7.05 Å². The van der Waals surface area contributed by atoms with E-state index in [0.717, 1.165) is 17.1 Å². The van der Waals surface area contributed by atoms with Gasteiger partial charge in [-0.15, -0.1) is 0 Å². The first-order valence-electron chi connectivity index (χ1n) is 7.61. The highest BCUT2D eigenvalue weighted by atomic mass is 16.7. The molecule has 2 aliphatic rings. The summed E-state index contributed by atoms with van der Waals surface area (Å²) < 4.78 is 13.2. The van der Waals surface area contributed by atoms with Crippen molar-refractivity contribution in [3.05, 3.63) is 42.0 Å². The van der Waals surface area contributed by atoms with Gasteiger partial charge in [-0.25, -0.2) is 4.58 Å². The van der Waals surface area contributed by atoms with E-state index in [0.29, 0.717) is 6.79 Å². The molecule has 0 aliphatic carbocycles. The summed E-state index contributed by atoms with van der Waals surface area (Å²) in [6, 6.07) is 12.8. The fourth-order valence-electron chi connectivity index (χ4n) is 3.38. The summed E-state index contributed by atoms with van der Waals surface area (Å²) in [5.74, 6) is 1.66. The third-order valence-corrected chi connectivity index (χ3v) is 5.14. The van der Waals surface area contributed by atoms with Crippen LogP contribution in [-0.2, 0) is 5.41 Å². The minimum Gasteiger partial charge on any atom is -0.454 e. The molecule has 0 radical (unpaired) electrons. The van der Waals surface area contributed by atoms with Gasteiger partial charge in [-0.1, -0.05) is 6.07 Å². The SMILES string of the molecule is CC1=[N+](C)c2ccc(-c3ccc4c(c3)OCO4)cc2C1(C)C. The summed E-state index contributed by atoms with van der Waals surface area (Å²) in [5, 5.41) is 0. The van der Waals surface area contributed by atoms with Crippen LogP contribution in [0.3, 0.4) is 0 Å². The van der Waals surface area contributed by atoms with E-state index in [1.807, 2.05) is 6.07 Å². The van der Waals surface area contributed by atoms with E-state index < -0.39 is 0 Å². The van der Waals surface area contributed by atoms with E-state index in [1.54, 1.807) is 0 Å². The molecule has 2 aromatic carbocycles. The van der Waals surface area contributed by atoms with Gasteiger partial charge in [0, 0.05) is 18.6 Å². The van der Waals surface area contributed by atoms with Gasteiger partial charge in [-0.2, -0.15) is 0 Å². The summed E-state index contributed by atoms with van der Waals surface area (Å²) >= 11 is 0. The molecule has 0 amide bonds. The molecule has 0 N–H and O–H groups in total. The van der Waals surface area contributed by atoms with Crippen LogP contribution in [0.2, 0.25) is 0 Å². The summed E-state index contributed by atoms with van der Waals surface area (Å²) in [5.41, 5.74) is 6.50. The Labute approximate surface area is 130 Å². The zero-order valence-electron chi connectivity index (χ0n) is 13.4. The molecular weight excluding hydrogens is 274 g/mol. The number of fused-ring (bicyclic) bond motifs is 2. The smallest absolute Gasteiger partial charge is 0.231 e. The van der Waals surface area contributed by atoms with E-state index in [4.69, 9.17) is 9.47 Å². The van der Waals surface area contributed by atoms with Crippen molar-refractivity contribution in [2.75, 3.05) is 13.8 Å². The van der Waals surface area contributed by atoms with E-state index in [-0.39, 0.29) is 5.41 Å². The number of rotatable bonds is 1. The van der Waals surface area contributed by atoms with Gasteiger partial charge in [0.2, 0.25) is 12.5 Å². The molecule has 2 aromatic rings. The number of benzene rings is 2. The van der Waals surface area contributed by atoms with Crippen molar-refractivity contribution in [2.45, 2.75) is 26.2 Å². The molecule has 2 aliphatic heterocycles. The average molecular weight is 294 g/mol. The molecule has 112 valence electrons. The second-order valence-electron chi connectivity index (χ2n) is 6.57. The van der Waals surface area contributed by atoms with Crippen LogP contribution < -0.4 is 9.47 Å². The fourth-order valence-corrected chi connectivity index (χ4v) is 3.38. The van der Waals surface area contributed by atoms with Crippen molar-refractivity contribution in [1.82, 2.24) is 0 Å². The lowest BCUT2D eigenvalue weighted by Gasteiger charge is -2.16. The Morgan fingerprint density at radius 3 is 2.45 bits per heavy atom. The molecule has 0 aromatic heterocycles. The Morgan fingerprint density at radius 1 is 0.955 bits per heavy atom. The number of nitrogens with zero attached hydrogens (tertiary/aromatic N) is 1. The number of hydrogen-bond donors (Lipinski definition) is 0. The Kier molecular flexibility index (Phi) is 2.65. The molecule has 0 spiro atoms. The quantitative estimate of drug-likeness (QED) is 0.738. The monoisotopic (exact) mass is 294 g/mol. The summed E-state index contributed by atoms with van der Waals surface area (Å²) in [6.07, 6.45) is 0. The third-order valence-electron chi connectivity index (χ3n) is 5.14. The van der Waals surface area contributed by atoms with E-state index in [1.165, 1.54) is 22.5 Å². The van der Waals surface area contributed by atoms with Gasteiger partial charge in [0.15, 0.2) is 17.2 Å². The van der Waals surface area contributed by atoms with Crippen LogP contribution in [0.5, 0.6) is 11.5 Å². The van der Waals surface area contributed by atoms with Gasteiger partial charge in [0.05, 0.1) is 5.41 Å². The van der Waals surface area contributed by atoms with Crippen molar-refractivity contribution in [3.8, 4) is 22.6 Å². The van der Waals surface area contributed by atoms with Crippen LogP contribution in [0.25, 0.3) is 11.1 Å². The Hall–Kier alpha value is -2.29. The first-order chi connectivity index (χ1) is 10.5. The van der Waals surface area contributed by atoms with Crippen molar-refractivity contribution in [1.29, 1.82) is 0 Å². The van der Waals surface area contributed by atoms with E-state index >= 15 is 0 Å². The van der Waals surface area contributed by atoms with Crippen LogP contribution in [0.15, 0.2) is 36.4 Å². The molecule has 0 saturated carbocycles. The lowest BCUT2D eigenvalue weighted by molar-refractivity contribution is -0.403. The zero-order valence-corrected chi connectivity index (χ0v) is 13.4. The Balaban J connectivity index is 1.83. The van der Waals surface area contributed by atoms with Gasteiger partial charge >= 0.3 is 0 Å². The van der Waals surface area contributed by atoms with Gasteiger partial charge < -0.3 is 9.47 Å². The standard InChI is InChI=1S/C19H20NO2/c1-12-19(2,3)15-9-13(5-7-16(15)20(12)4)14-6-8-17-18(10-14)22-11-21-17/h5-10H,11H2,1-4H3/q+1. The minimum absolute atomic E-state index is 0.0659. The third kappa shape index (κ3) is 1.71. The molecule has 22 heavy (non-hydrogen) atoms. The van der Waals surface area contributed by atoms with Crippen molar-refractivity contribution < 1.29 is 14.0 Å². The topological polar surface area (TPSA) is 21.5 Å². The maximum atomic E-state index is 5.49. The van der Waals surface area contributed by atoms with Crippen LogP contribution in [0.4, 0.5) is 5.69 Å². The maximum absolute atomic E-state index is 5.49. The van der Waals surface area contributed by atoms with Crippen LogP contribution in [0, 0.1) is 0 Å². The number of hydrogen-bond acceptors (Lipinski definition) is 2. The molecule has 4 rings (SSSR count). The first kappa shape index (κ1) is 13.4. The summed E-state index contributed by atoms with van der Waals surface area (Å²) in [4.78, 5) is 0. The van der Waals surface area contributed by atoms with Gasteiger partial charge in [0.25, 0.3) is 0 Å². The molecular formula is C19H20NO2+. The largest absolute Gasteiger partial charge is 0.454 e. The predicted molar refractivity (Wildman–Crippen MR) is 87.6 cm³/mol. The minimum atomic E-state index is 0.0659. The van der Waals surface area contributed by atoms with E-state index in [9.17, 15) is 0 Å². The zero-order chi connectivity index (χ0) is 15.5. The van der Waals surface area contributed by atoms with Crippen molar-refractivity contribution in [3.63, 3.8) is 0 Å². The van der Waals surface area contributed by atoms with Crippen LogP contribution >= 0.6 is 0 Å². The molecule has 0 atom stereocenters. The summed E-state index contributed by atoms with van der Waals surface area (Å²) in [7, 11) is 2.14. The molecule has 0 saturated heterocycles. The fraction of sp³-hybridized carbons (Fsp3) is 0.316. The molecule has 2 heterocycles. The molecule has 3 heteroatoms. The Morgan fingerprint density at radius 2 is 1.64 bits per heavy atom. The lowest BCUT2D eigenvalue weighted by atomic mass is 9.81. The van der Waals surface area contributed by atoms with Crippen LogP contribution in [-0.4, -0.2) is 24.1 Å². The molecule has 0 fully saturated rings. The molecule has 0 bridgehead atoms. The first-order valence-corrected chi connectivity index (χ1v) is 7.61. The van der Waals surface area contributed by atoms with Gasteiger partial charge in [-0.05, 0) is 49.2 Å². The second-order valence-corrected chi connectivity index (χ2v) is 6.57. The van der Waals surface area contributed by atoms with Crippen molar-refractivity contribution in [2.24, 2.45) is 0 Å². The van der Waals surface area contributed by atoms with Crippen LogP contribution in [0.1, 0.15) is 26.3 Å². The highest BCUT2D eigenvalue weighted by Gasteiger charge is 2.41. The Bertz CT molecular complexity index is 818. The molecule has 0 unspecified atom stereocenters. The average Bonchev–Trinajstić information content (AvgIpc) is 3.05. The second kappa shape index (κ2) is 4.35. The number of ether oxygens (including phenoxy) is 2. The highest BCUT2D eigenvalue weighted by molar-refractivity contribution is 5.94. The maximum Gasteiger partial charge on any atom is 0.231 e. The lowest BCUT2D eigenvalue weighted by Crippen LogP contribution is -2.25.